The number of carbonyl (C=O) groups excluding carboxylic acids is 1. The zero-order valence-corrected chi connectivity index (χ0v) is 23.7. The molecular weight excluding hydrogens is 534 g/mol. The Hall–Kier alpha value is -3.31. The highest BCUT2D eigenvalue weighted by Gasteiger charge is 2.25. The molecule has 1 fully saturated rings. The number of rotatable bonds is 9. The van der Waals surface area contributed by atoms with Crippen LogP contribution in [0.1, 0.15) is 24.0 Å². The Kier molecular flexibility index (Phi) is 9.01. The van der Waals surface area contributed by atoms with E-state index in [2.05, 4.69) is 21.8 Å². The first-order chi connectivity index (χ1) is 18.5. The highest BCUT2D eigenvalue weighted by Crippen LogP contribution is 2.20. The van der Waals surface area contributed by atoms with E-state index in [9.17, 15) is 21.6 Å². The number of hydrogen-bond donors (Lipinski definition) is 1. The molecule has 3 aromatic carbocycles. The maximum absolute atomic E-state index is 13.0. The highest BCUT2D eigenvalue weighted by atomic mass is 32.2. The largest absolute Gasteiger partial charge is 0.312 e. The minimum absolute atomic E-state index is 0.123. The zero-order valence-electron chi connectivity index (χ0n) is 22.0. The molecule has 1 saturated heterocycles. The van der Waals surface area contributed by atoms with Crippen LogP contribution in [0.5, 0.6) is 0 Å². The predicted octanol–water partition coefficient (Wildman–Crippen LogP) is 3.71. The van der Waals surface area contributed by atoms with Gasteiger partial charge in [-0.25, -0.2) is 21.6 Å². The van der Waals surface area contributed by atoms with Gasteiger partial charge in [0.2, 0.25) is 10.0 Å². The first kappa shape index (κ1) is 28.7. The molecule has 1 heterocycles. The van der Waals surface area contributed by atoms with E-state index in [1.54, 1.807) is 37.4 Å². The number of hydrogen-bond acceptors (Lipinski definition) is 6. The lowest BCUT2D eigenvalue weighted by atomic mass is 10.1. The number of nitrogens with zero attached hydrogens (tertiary/aromatic N) is 2. The summed E-state index contributed by atoms with van der Waals surface area (Å²) in [4.78, 5) is 16.7. The molecule has 0 saturated carbocycles. The summed E-state index contributed by atoms with van der Waals surface area (Å²) in [5, 5.41) is 0. The second-order valence-corrected chi connectivity index (χ2v) is 13.5. The van der Waals surface area contributed by atoms with Gasteiger partial charge < -0.3 is 4.90 Å². The molecule has 206 valence electrons. The van der Waals surface area contributed by atoms with Crippen LogP contribution in [0.3, 0.4) is 0 Å². The highest BCUT2D eigenvalue weighted by molar-refractivity contribution is 7.90. The molecule has 0 radical (unpaired) electrons. The van der Waals surface area contributed by atoms with Crippen molar-refractivity contribution in [3.8, 4) is 0 Å². The summed E-state index contributed by atoms with van der Waals surface area (Å²) in [7, 11) is -5.37. The average Bonchev–Trinajstić information content (AvgIpc) is 2.92. The molecule has 0 aromatic heterocycles. The summed E-state index contributed by atoms with van der Waals surface area (Å²) in [6.07, 6.45) is 5.60. The molecule has 0 atom stereocenters. The van der Waals surface area contributed by atoms with Crippen molar-refractivity contribution < 1.29 is 21.6 Å². The Morgan fingerprint density at radius 1 is 0.897 bits per heavy atom. The van der Waals surface area contributed by atoms with Gasteiger partial charge in [-0.15, -0.1) is 0 Å². The molecule has 0 unspecified atom stereocenters. The van der Waals surface area contributed by atoms with E-state index in [4.69, 9.17) is 0 Å². The summed E-state index contributed by atoms with van der Waals surface area (Å²) in [6, 6.07) is 22.5. The quantitative estimate of drug-likeness (QED) is 0.396. The van der Waals surface area contributed by atoms with Crippen LogP contribution in [0, 0.1) is 0 Å². The van der Waals surface area contributed by atoms with Crippen LogP contribution in [0.4, 0.5) is 5.69 Å². The summed E-state index contributed by atoms with van der Waals surface area (Å²) in [5.74, 6) is -0.307. The first-order valence-electron chi connectivity index (χ1n) is 12.7. The Labute approximate surface area is 230 Å². The Morgan fingerprint density at radius 2 is 1.49 bits per heavy atom. The summed E-state index contributed by atoms with van der Waals surface area (Å²) >= 11 is 0. The van der Waals surface area contributed by atoms with Gasteiger partial charge in [0.1, 0.15) is 0 Å². The standard InChI is InChI=1S/C29H33N3O5S2/c1-31(29(33)17-10-23-8-13-27(14-9-23)38(2,34)35)26-11-15-28(16-12-26)39(36,37)30-25-18-20-32(21-19-25)22-24-6-4-3-5-7-24/h3-17,25,30H,18-22H2,1-2H3/b17-10+. The van der Waals surface area contributed by atoms with Gasteiger partial charge in [-0.2, -0.15) is 0 Å². The van der Waals surface area contributed by atoms with E-state index in [0.717, 1.165) is 38.7 Å². The lowest BCUT2D eigenvalue weighted by molar-refractivity contribution is -0.113. The van der Waals surface area contributed by atoms with E-state index < -0.39 is 19.9 Å². The fourth-order valence-corrected chi connectivity index (χ4v) is 6.36. The van der Waals surface area contributed by atoms with Crippen molar-refractivity contribution in [3.63, 3.8) is 0 Å². The molecule has 1 N–H and O–H groups in total. The number of carbonyl (C=O) groups is 1. The number of sulfone groups is 1. The molecule has 4 rings (SSSR count). The smallest absolute Gasteiger partial charge is 0.250 e. The Balaban J connectivity index is 1.31. The molecule has 0 bridgehead atoms. The molecular formula is C29H33N3O5S2. The van der Waals surface area contributed by atoms with Crippen molar-refractivity contribution in [1.29, 1.82) is 0 Å². The second-order valence-electron chi connectivity index (χ2n) is 9.72. The molecule has 3 aromatic rings. The van der Waals surface area contributed by atoms with Gasteiger partial charge in [0.15, 0.2) is 9.84 Å². The third-order valence-electron chi connectivity index (χ3n) is 6.75. The van der Waals surface area contributed by atoms with Crippen molar-refractivity contribution in [1.82, 2.24) is 9.62 Å². The second kappa shape index (κ2) is 12.3. The maximum atomic E-state index is 13.0. The van der Waals surface area contributed by atoms with E-state index in [0.29, 0.717) is 11.3 Å². The molecule has 0 aliphatic carbocycles. The van der Waals surface area contributed by atoms with E-state index in [-0.39, 0.29) is 21.7 Å². The van der Waals surface area contributed by atoms with Gasteiger partial charge in [0.05, 0.1) is 9.79 Å². The van der Waals surface area contributed by atoms with Crippen LogP contribution >= 0.6 is 0 Å². The Bertz CT molecular complexity index is 1510. The number of likely N-dealkylation sites (N-methyl/N-ethyl adjacent to an activating group) is 1. The van der Waals surface area contributed by atoms with Crippen LogP contribution in [0.15, 0.2) is 94.7 Å². The van der Waals surface area contributed by atoms with Crippen molar-refractivity contribution in [3.05, 3.63) is 96.1 Å². The molecule has 1 aliphatic heterocycles. The monoisotopic (exact) mass is 567 g/mol. The summed E-state index contributed by atoms with van der Waals surface area (Å²) < 4.78 is 52.0. The van der Waals surface area contributed by atoms with Gasteiger partial charge >= 0.3 is 0 Å². The topological polar surface area (TPSA) is 104 Å². The number of benzene rings is 3. The fraction of sp³-hybridized carbons (Fsp3) is 0.276. The number of anilines is 1. The van der Waals surface area contributed by atoms with Crippen LogP contribution in [-0.4, -0.2) is 60.1 Å². The summed E-state index contributed by atoms with van der Waals surface area (Å²) in [6.45, 7) is 2.51. The van der Waals surface area contributed by atoms with Crippen molar-refractivity contribution in [2.24, 2.45) is 0 Å². The van der Waals surface area contributed by atoms with Crippen molar-refractivity contribution >= 4 is 37.5 Å². The predicted molar refractivity (Wildman–Crippen MR) is 154 cm³/mol. The lowest BCUT2D eigenvalue weighted by Gasteiger charge is -2.32. The molecule has 8 nitrogen and oxygen atoms in total. The zero-order chi connectivity index (χ0) is 28.0. The van der Waals surface area contributed by atoms with Crippen molar-refractivity contribution in [2.45, 2.75) is 35.2 Å². The third kappa shape index (κ3) is 7.86. The van der Waals surface area contributed by atoms with E-state index in [1.165, 1.54) is 40.8 Å². The van der Waals surface area contributed by atoms with Crippen LogP contribution in [-0.2, 0) is 31.2 Å². The Morgan fingerprint density at radius 3 is 2.08 bits per heavy atom. The normalized spacial score (nSPS) is 15.4. The maximum Gasteiger partial charge on any atom is 0.250 e. The molecule has 1 amide bonds. The minimum Gasteiger partial charge on any atom is -0.312 e. The van der Waals surface area contributed by atoms with Gasteiger partial charge in [-0.3, -0.25) is 9.69 Å². The van der Waals surface area contributed by atoms with E-state index in [1.807, 2.05) is 18.2 Å². The van der Waals surface area contributed by atoms with Gasteiger partial charge in [-0.1, -0.05) is 42.5 Å². The molecule has 10 heteroatoms. The average molecular weight is 568 g/mol. The van der Waals surface area contributed by atoms with Crippen LogP contribution < -0.4 is 9.62 Å². The number of piperidine rings is 1. The summed E-state index contributed by atoms with van der Waals surface area (Å²) in [5.41, 5.74) is 2.48. The molecule has 39 heavy (non-hydrogen) atoms. The number of likely N-dealkylation sites (tertiary alicyclic amines) is 1. The van der Waals surface area contributed by atoms with E-state index >= 15 is 0 Å². The number of amides is 1. The number of sulfonamides is 1. The van der Waals surface area contributed by atoms with Crippen molar-refractivity contribution in [2.75, 3.05) is 31.3 Å². The third-order valence-corrected chi connectivity index (χ3v) is 9.41. The van der Waals surface area contributed by atoms with Gasteiger partial charge in [-0.05, 0) is 66.4 Å². The first-order valence-corrected chi connectivity index (χ1v) is 16.0. The van der Waals surface area contributed by atoms with Crippen LogP contribution in [0.2, 0.25) is 0 Å². The van der Waals surface area contributed by atoms with Gasteiger partial charge in [0, 0.05) is 50.7 Å². The molecule has 0 spiro atoms. The minimum atomic E-state index is -3.69. The SMILES string of the molecule is CN(C(=O)/C=C/c1ccc(S(C)(=O)=O)cc1)c1ccc(S(=O)(=O)NC2CCN(Cc3ccccc3)CC2)cc1. The van der Waals surface area contributed by atoms with Crippen LogP contribution in [0.25, 0.3) is 6.08 Å². The van der Waals surface area contributed by atoms with Gasteiger partial charge in [0.25, 0.3) is 5.91 Å². The fourth-order valence-electron chi connectivity index (χ4n) is 4.42. The molecule has 1 aliphatic rings. The number of nitrogens with one attached hydrogen (secondary N) is 1. The lowest BCUT2D eigenvalue weighted by Crippen LogP contribution is -2.44.